The molecule has 0 N–H and O–H groups in total. The maximum Gasteiger partial charge on any atom is 0.253 e. The summed E-state index contributed by atoms with van der Waals surface area (Å²) in [5.74, 6) is -0.553. The molecule has 0 spiro atoms. The molecule has 1 amide bonds. The molecule has 5 rings (SSSR count). The Morgan fingerprint density at radius 1 is 0.765 bits per heavy atom. The van der Waals surface area contributed by atoms with Crippen LogP contribution in [-0.4, -0.2) is 49.3 Å². The summed E-state index contributed by atoms with van der Waals surface area (Å²) in [6.07, 6.45) is 1.03. The molecule has 2 aliphatic rings. The molecule has 0 aliphatic carbocycles. The van der Waals surface area contributed by atoms with E-state index in [-0.39, 0.29) is 11.7 Å². The monoisotopic (exact) mass is 457 g/mol. The summed E-state index contributed by atoms with van der Waals surface area (Å²) in [6.45, 7) is 5.43. The molecule has 2 heterocycles. The molecule has 5 nitrogen and oxygen atoms in total. The molecule has 3 aromatic carbocycles. The minimum Gasteiger partial charge on any atom is -0.367 e. The van der Waals surface area contributed by atoms with Crippen LogP contribution in [0, 0.1) is 5.82 Å². The van der Waals surface area contributed by atoms with E-state index in [1.807, 2.05) is 34.1 Å². The lowest BCUT2D eigenvalue weighted by atomic mass is 9.99. The van der Waals surface area contributed by atoms with Gasteiger partial charge < -0.3 is 14.7 Å². The highest BCUT2D eigenvalue weighted by Gasteiger charge is 2.24. The van der Waals surface area contributed by atoms with Crippen molar-refractivity contribution in [2.45, 2.75) is 19.9 Å². The fourth-order valence-corrected chi connectivity index (χ4v) is 4.85. The summed E-state index contributed by atoms with van der Waals surface area (Å²) in [5.41, 5.74) is 5.42. The van der Waals surface area contributed by atoms with Crippen LogP contribution in [0.5, 0.6) is 0 Å². The molecule has 3 aromatic rings. The smallest absolute Gasteiger partial charge is 0.253 e. The van der Waals surface area contributed by atoms with Crippen LogP contribution in [0.3, 0.4) is 0 Å². The molecular formula is C28H28FN3O2. The van der Waals surface area contributed by atoms with Crippen LogP contribution in [0.1, 0.15) is 38.8 Å². The number of hydrogen-bond acceptors (Lipinski definition) is 4. The number of nitrogens with zero attached hydrogens (tertiary/aromatic N) is 3. The Hall–Kier alpha value is -3.67. The van der Waals surface area contributed by atoms with Gasteiger partial charge in [0.05, 0.1) is 5.69 Å². The van der Waals surface area contributed by atoms with Crippen molar-refractivity contribution < 1.29 is 14.0 Å². The van der Waals surface area contributed by atoms with Gasteiger partial charge in [-0.2, -0.15) is 0 Å². The second-order valence-electron chi connectivity index (χ2n) is 8.99. The van der Waals surface area contributed by atoms with Gasteiger partial charge in [0.2, 0.25) is 0 Å². The largest absolute Gasteiger partial charge is 0.367 e. The number of carbonyl (C=O) groups excluding carboxylic acids is 2. The number of anilines is 2. The standard InChI is InChI=1S/C28H28FN3O2/c1-20(33)23-8-11-27(26(29)18-23)30-14-16-31(17-15-30)28(34)22-6-9-25(10-7-22)32-13-12-21-4-2-3-5-24(21)19-32/h2-11,18H,12-17,19H2,1H3. The van der Waals surface area contributed by atoms with Crippen molar-refractivity contribution in [3.05, 3.63) is 94.8 Å². The quantitative estimate of drug-likeness (QED) is 0.539. The van der Waals surface area contributed by atoms with Crippen molar-refractivity contribution in [2.75, 3.05) is 42.5 Å². The number of benzene rings is 3. The topological polar surface area (TPSA) is 43.9 Å². The fraction of sp³-hybridized carbons (Fsp3) is 0.286. The van der Waals surface area contributed by atoms with E-state index in [0.29, 0.717) is 43.0 Å². The van der Waals surface area contributed by atoms with Gasteiger partial charge in [0.1, 0.15) is 5.82 Å². The normalized spacial score (nSPS) is 15.8. The lowest BCUT2D eigenvalue weighted by Gasteiger charge is -2.36. The second-order valence-corrected chi connectivity index (χ2v) is 8.99. The van der Waals surface area contributed by atoms with Gasteiger partial charge in [-0.1, -0.05) is 24.3 Å². The predicted molar refractivity (Wildman–Crippen MR) is 132 cm³/mol. The number of hydrogen-bond donors (Lipinski definition) is 0. The highest BCUT2D eigenvalue weighted by molar-refractivity contribution is 5.95. The molecule has 0 unspecified atom stereocenters. The van der Waals surface area contributed by atoms with Crippen LogP contribution in [0.25, 0.3) is 0 Å². The first-order valence-electron chi connectivity index (χ1n) is 11.8. The molecule has 0 radical (unpaired) electrons. The minimum absolute atomic E-state index is 0.00240. The number of ketones is 1. The number of rotatable bonds is 4. The van der Waals surface area contributed by atoms with Crippen molar-refractivity contribution >= 4 is 23.1 Å². The third-order valence-electron chi connectivity index (χ3n) is 6.87. The zero-order chi connectivity index (χ0) is 23.7. The first-order chi connectivity index (χ1) is 16.5. The van der Waals surface area contributed by atoms with E-state index in [2.05, 4.69) is 29.2 Å². The Labute approximate surface area is 199 Å². The van der Waals surface area contributed by atoms with E-state index in [1.54, 1.807) is 12.1 Å². The van der Waals surface area contributed by atoms with Gasteiger partial charge >= 0.3 is 0 Å². The molecule has 0 bridgehead atoms. The lowest BCUT2D eigenvalue weighted by Crippen LogP contribution is -2.49. The van der Waals surface area contributed by atoms with Crippen molar-refractivity contribution in [3.8, 4) is 0 Å². The summed E-state index contributed by atoms with van der Waals surface area (Å²) < 4.78 is 14.5. The summed E-state index contributed by atoms with van der Waals surface area (Å²) >= 11 is 0. The molecule has 1 saturated heterocycles. The third kappa shape index (κ3) is 4.40. The summed E-state index contributed by atoms with van der Waals surface area (Å²) in [5, 5.41) is 0. The zero-order valence-corrected chi connectivity index (χ0v) is 19.3. The first-order valence-corrected chi connectivity index (χ1v) is 11.8. The SMILES string of the molecule is CC(=O)c1ccc(N2CCN(C(=O)c3ccc(N4CCc5ccccc5C4)cc3)CC2)c(F)c1. The molecule has 0 atom stereocenters. The van der Waals surface area contributed by atoms with Gasteiger partial charge in [-0.15, -0.1) is 0 Å². The van der Waals surface area contributed by atoms with Crippen LogP contribution in [0.4, 0.5) is 15.8 Å². The number of halogens is 1. The Kier molecular flexibility index (Phi) is 6.05. The van der Waals surface area contributed by atoms with E-state index >= 15 is 0 Å². The molecule has 174 valence electrons. The van der Waals surface area contributed by atoms with E-state index in [0.717, 1.165) is 25.2 Å². The Bertz CT molecular complexity index is 1220. The van der Waals surface area contributed by atoms with E-state index < -0.39 is 5.82 Å². The van der Waals surface area contributed by atoms with Crippen LogP contribution in [-0.2, 0) is 13.0 Å². The second kappa shape index (κ2) is 9.29. The molecule has 6 heteroatoms. The molecule has 0 aromatic heterocycles. The minimum atomic E-state index is -0.400. The molecule has 0 saturated carbocycles. The van der Waals surface area contributed by atoms with E-state index in [4.69, 9.17) is 0 Å². The number of amides is 1. The Morgan fingerprint density at radius 3 is 2.12 bits per heavy atom. The number of carbonyl (C=O) groups is 2. The first kappa shape index (κ1) is 22.1. The van der Waals surface area contributed by atoms with Crippen LogP contribution in [0.2, 0.25) is 0 Å². The number of fused-ring (bicyclic) bond motifs is 1. The van der Waals surface area contributed by atoms with E-state index in [1.165, 1.54) is 24.1 Å². The molecule has 1 fully saturated rings. The average Bonchev–Trinajstić information content (AvgIpc) is 2.88. The predicted octanol–water partition coefficient (Wildman–Crippen LogP) is 4.55. The number of Topliss-reactive ketones (excluding diaryl/α,β-unsaturated/α-hetero) is 1. The van der Waals surface area contributed by atoms with Crippen LogP contribution < -0.4 is 9.80 Å². The highest BCUT2D eigenvalue weighted by atomic mass is 19.1. The van der Waals surface area contributed by atoms with Crippen LogP contribution >= 0.6 is 0 Å². The van der Waals surface area contributed by atoms with Crippen molar-refractivity contribution in [2.24, 2.45) is 0 Å². The Balaban J connectivity index is 1.20. The fourth-order valence-electron chi connectivity index (χ4n) is 4.85. The van der Waals surface area contributed by atoms with Crippen molar-refractivity contribution in [3.63, 3.8) is 0 Å². The van der Waals surface area contributed by atoms with Gasteiger partial charge in [0, 0.05) is 56.1 Å². The van der Waals surface area contributed by atoms with Gasteiger partial charge in [-0.05, 0) is 66.9 Å². The molecule has 34 heavy (non-hydrogen) atoms. The van der Waals surface area contributed by atoms with Gasteiger partial charge in [0.15, 0.2) is 5.78 Å². The van der Waals surface area contributed by atoms with Gasteiger partial charge in [0.25, 0.3) is 5.91 Å². The Morgan fingerprint density at radius 2 is 1.44 bits per heavy atom. The van der Waals surface area contributed by atoms with Crippen molar-refractivity contribution in [1.82, 2.24) is 4.90 Å². The maximum absolute atomic E-state index is 14.5. The van der Waals surface area contributed by atoms with Gasteiger partial charge in [-0.25, -0.2) is 4.39 Å². The molecular weight excluding hydrogens is 429 g/mol. The zero-order valence-electron chi connectivity index (χ0n) is 19.3. The maximum atomic E-state index is 14.5. The van der Waals surface area contributed by atoms with Crippen LogP contribution in [0.15, 0.2) is 66.7 Å². The summed E-state index contributed by atoms with van der Waals surface area (Å²) in [7, 11) is 0. The number of piperazine rings is 1. The third-order valence-corrected chi connectivity index (χ3v) is 6.87. The van der Waals surface area contributed by atoms with Crippen molar-refractivity contribution in [1.29, 1.82) is 0 Å². The summed E-state index contributed by atoms with van der Waals surface area (Å²) in [4.78, 5) is 30.6. The average molecular weight is 458 g/mol. The lowest BCUT2D eigenvalue weighted by molar-refractivity contribution is 0.0746. The van der Waals surface area contributed by atoms with Gasteiger partial charge in [-0.3, -0.25) is 9.59 Å². The molecule has 2 aliphatic heterocycles. The van der Waals surface area contributed by atoms with E-state index in [9.17, 15) is 14.0 Å². The highest BCUT2D eigenvalue weighted by Crippen LogP contribution is 2.26. The summed E-state index contributed by atoms with van der Waals surface area (Å²) in [6, 6.07) is 21.0.